The highest BCUT2D eigenvalue weighted by atomic mass is 35.5. The van der Waals surface area contributed by atoms with Gasteiger partial charge in [-0.2, -0.15) is 5.10 Å². The average Bonchev–Trinajstić information content (AvgIpc) is 3.35. The number of amides is 2. The van der Waals surface area contributed by atoms with Crippen molar-refractivity contribution in [3.63, 3.8) is 0 Å². The number of carbonyl (C=O) groups excluding carboxylic acids is 2. The van der Waals surface area contributed by atoms with Crippen LogP contribution in [-0.2, 0) is 4.74 Å². The van der Waals surface area contributed by atoms with Crippen LogP contribution in [0.25, 0.3) is 16.9 Å². The van der Waals surface area contributed by atoms with E-state index in [0.29, 0.717) is 24.4 Å². The molecule has 2 aromatic carbocycles. The van der Waals surface area contributed by atoms with Crippen LogP contribution in [0.4, 0.5) is 10.2 Å². The van der Waals surface area contributed by atoms with E-state index in [2.05, 4.69) is 20.7 Å². The number of pyridine rings is 1. The molecular formula is C27H23ClFN5O4. The number of rotatable bonds is 6. The lowest BCUT2D eigenvalue weighted by molar-refractivity contribution is -0.0261. The van der Waals surface area contributed by atoms with E-state index in [4.69, 9.17) is 16.3 Å². The van der Waals surface area contributed by atoms with Crippen molar-refractivity contribution < 1.29 is 23.8 Å². The van der Waals surface area contributed by atoms with Gasteiger partial charge in [0.1, 0.15) is 11.6 Å². The van der Waals surface area contributed by atoms with Crippen molar-refractivity contribution in [2.24, 2.45) is 0 Å². The standard InChI is InChI=1S/C27H23ClFN5O4/c28-19-13-20(29)18(21-8-4-5-10-30-21)12-17(19)26(36)32-25-14-23(33-34(25)16-6-2-1-3-7-16)27(37)31-22-9-11-38-15-24(22)35/h1-8,10,12-14,22,24,35H,9,11,15H2,(H,31,37)(H,32,36)/t22-,24-/m1/s1. The van der Waals surface area contributed by atoms with Crippen molar-refractivity contribution in [1.29, 1.82) is 0 Å². The highest BCUT2D eigenvalue weighted by molar-refractivity contribution is 6.34. The zero-order valence-corrected chi connectivity index (χ0v) is 20.7. The van der Waals surface area contributed by atoms with Crippen LogP contribution in [0.15, 0.2) is 72.9 Å². The maximum absolute atomic E-state index is 14.7. The van der Waals surface area contributed by atoms with E-state index in [9.17, 15) is 19.1 Å². The van der Waals surface area contributed by atoms with Gasteiger partial charge in [-0.1, -0.05) is 35.9 Å². The maximum atomic E-state index is 14.7. The molecule has 3 heterocycles. The Kier molecular flexibility index (Phi) is 7.45. The van der Waals surface area contributed by atoms with Crippen LogP contribution >= 0.6 is 11.6 Å². The van der Waals surface area contributed by atoms with Gasteiger partial charge in [0.25, 0.3) is 11.8 Å². The molecule has 0 saturated carbocycles. The Morgan fingerprint density at radius 2 is 1.87 bits per heavy atom. The number of aliphatic hydroxyl groups excluding tert-OH is 1. The third-order valence-corrected chi connectivity index (χ3v) is 6.38. The second-order valence-electron chi connectivity index (χ2n) is 8.65. The fraction of sp³-hybridized carbons (Fsp3) is 0.185. The van der Waals surface area contributed by atoms with Crippen LogP contribution in [0.1, 0.15) is 27.3 Å². The topological polar surface area (TPSA) is 118 Å². The molecule has 0 aliphatic carbocycles. The number of carbonyl (C=O) groups is 2. The first-order valence-corrected chi connectivity index (χ1v) is 12.2. The maximum Gasteiger partial charge on any atom is 0.272 e. The Morgan fingerprint density at radius 3 is 2.61 bits per heavy atom. The zero-order valence-electron chi connectivity index (χ0n) is 20.0. The summed E-state index contributed by atoms with van der Waals surface area (Å²) in [7, 11) is 0. The number of ether oxygens (including phenoxy) is 1. The first-order valence-electron chi connectivity index (χ1n) is 11.8. The molecule has 1 aliphatic heterocycles. The number of hydrogen-bond acceptors (Lipinski definition) is 6. The van der Waals surface area contributed by atoms with Crippen molar-refractivity contribution in [2.75, 3.05) is 18.5 Å². The normalized spacial score (nSPS) is 17.1. The van der Waals surface area contributed by atoms with Gasteiger partial charge < -0.3 is 20.5 Å². The van der Waals surface area contributed by atoms with Gasteiger partial charge in [0.05, 0.1) is 40.7 Å². The summed E-state index contributed by atoms with van der Waals surface area (Å²) >= 11 is 6.24. The SMILES string of the molecule is O=C(N[C@@H]1CCOC[C@H]1O)c1cc(NC(=O)c2cc(-c3ccccn3)c(F)cc2Cl)n(-c2ccccc2)n1. The molecule has 0 unspecified atom stereocenters. The number of nitrogens with one attached hydrogen (secondary N) is 2. The lowest BCUT2D eigenvalue weighted by Crippen LogP contribution is -2.48. The van der Waals surface area contributed by atoms with E-state index in [1.165, 1.54) is 23.0 Å². The van der Waals surface area contributed by atoms with Crippen molar-refractivity contribution in [3.05, 3.63) is 95.0 Å². The van der Waals surface area contributed by atoms with Crippen LogP contribution < -0.4 is 10.6 Å². The number of nitrogens with zero attached hydrogens (tertiary/aromatic N) is 3. The molecule has 2 aromatic heterocycles. The second-order valence-corrected chi connectivity index (χ2v) is 9.06. The molecule has 1 aliphatic rings. The first kappa shape index (κ1) is 25.5. The minimum Gasteiger partial charge on any atom is -0.389 e. The van der Waals surface area contributed by atoms with Gasteiger partial charge in [0.15, 0.2) is 5.69 Å². The molecule has 3 N–H and O–H groups in total. The molecule has 11 heteroatoms. The van der Waals surface area contributed by atoms with Gasteiger partial charge in [0, 0.05) is 24.4 Å². The predicted octanol–water partition coefficient (Wildman–Crippen LogP) is 3.86. The van der Waals surface area contributed by atoms with Gasteiger partial charge in [-0.3, -0.25) is 14.6 Å². The minimum atomic E-state index is -0.836. The van der Waals surface area contributed by atoms with Crippen LogP contribution in [0, 0.1) is 5.82 Å². The van der Waals surface area contributed by atoms with E-state index >= 15 is 0 Å². The van der Waals surface area contributed by atoms with E-state index in [1.807, 2.05) is 6.07 Å². The van der Waals surface area contributed by atoms with E-state index in [1.54, 1.807) is 42.5 Å². The molecule has 0 bridgehead atoms. The van der Waals surface area contributed by atoms with E-state index < -0.39 is 29.8 Å². The number of hydrogen-bond donors (Lipinski definition) is 3. The zero-order chi connectivity index (χ0) is 26.6. The number of halogens is 2. The van der Waals surface area contributed by atoms with Crippen molar-refractivity contribution in [1.82, 2.24) is 20.1 Å². The Morgan fingerprint density at radius 1 is 1.08 bits per heavy atom. The molecule has 1 saturated heterocycles. The summed E-state index contributed by atoms with van der Waals surface area (Å²) in [5.74, 6) is -1.57. The third kappa shape index (κ3) is 5.42. The van der Waals surface area contributed by atoms with Crippen LogP contribution in [0.5, 0.6) is 0 Å². The van der Waals surface area contributed by atoms with Gasteiger partial charge in [0.2, 0.25) is 0 Å². The summed E-state index contributed by atoms with van der Waals surface area (Å²) in [4.78, 5) is 30.5. The number of anilines is 1. The Balaban J connectivity index is 1.46. The summed E-state index contributed by atoms with van der Waals surface area (Å²) in [5, 5.41) is 20.0. The quantitative estimate of drug-likeness (QED) is 0.345. The molecule has 5 rings (SSSR count). The van der Waals surface area contributed by atoms with Crippen molar-refractivity contribution in [2.45, 2.75) is 18.6 Å². The molecule has 1 fully saturated rings. The van der Waals surface area contributed by atoms with Crippen LogP contribution in [-0.4, -0.2) is 57.0 Å². The highest BCUT2D eigenvalue weighted by Crippen LogP contribution is 2.28. The lowest BCUT2D eigenvalue weighted by atomic mass is 10.1. The molecule has 9 nitrogen and oxygen atoms in total. The summed E-state index contributed by atoms with van der Waals surface area (Å²) in [6.07, 6.45) is 1.14. The van der Waals surface area contributed by atoms with E-state index in [0.717, 1.165) is 6.07 Å². The molecular weight excluding hydrogens is 513 g/mol. The van der Waals surface area contributed by atoms with Crippen molar-refractivity contribution >= 4 is 29.2 Å². The number of benzene rings is 2. The highest BCUT2D eigenvalue weighted by Gasteiger charge is 2.27. The Bertz CT molecular complexity index is 1470. The smallest absolute Gasteiger partial charge is 0.272 e. The Labute approximate surface area is 222 Å². The lowest BCUT2D eigenvalue weighted by Gasteiger charge is -2.28. The number of para-hydroxylation sites is 1. The van der Waals surface area contributed by atoms with Gasteiger partial charge in [-0.25, -0.2) is 9.07 Å². The van der Waals surface area contributed by atoms with Crippen LogP contribution in [0.3, 0.4) is 0 Å². The molecule has 194 valence electrons. The molecule has 0 spiro atoms. The predicted molar refractivity (Wildman–Crippen MR) is 139 cm³/mol. The fourth-order valence-electron chi connectivity index (χ4n) is 4.11. The Hall–Kier alpha value is -4.12. The number of aliphatic hydroxyl groups is 1. The summed E-state index contributed by atoms with van der Waals surface area (Å²) < 4.78 is 21.3. The van der Waals surface area contributed by atoms with E-state index in [-0.39, 0.29) is 34.3 Å². The molecule has 4 aromatic rings. The second kappa shape index (κ2) is 11.1. The van der Waals surface area contributed by atoms with Crippen molar-refractivity contribution in [3.8, 4) is 16.9 Å². The molecule has 38 heavy (non-hydrogen) atoms. The molecule has 0 radical (unpaired) electrons. The first-order chi connectivity index (χ1) is 18.4. The van der Waals surface area contributed by atoms with Gasteiger partial charge in [-0.05, 0) is 42.8 Å². The third-order valence-electron chi connectivity index (χ3n) is 6.07. The molecule has 2 atom stereocenters. The summed E-state index contributed by atoms with van der Waals surface area (Å²) in [6.45, 7) is 0.546. The minimum absolute atomic E-state index is 0.0193. The monoisotopic (exact) mass is 535 g/mol. The van der Waals surface area contributed by atoms with Gasteiger partial charge >= 0.3 is 0 Å². The van der Waals surface area contributed by atoms with Crippen LogP contribution in [0.2, 0.25) is 5.02 Å². The summed E-state index contributed by atoms with van der Waals surface area (Å²) in [5.41, 5.74) is 1.10. The number of aromatic nitrogens is 3. The molecule has 2 amide bonds. The largest absolute Gasteiger partial charge is 0.389 e. The van der Waals surface area contributed by atoms with Gasteiger partial charge in [-0.15, -0.1) is 0 Å². The average molecular weight is 536 g/mol. The fourth-order valence-corrected chi connectivity index (χ4v) is 4.34. The summed E-state index contributed by atoms with van der Waals surface area (Å²) in [6, 6.07) is 17.3.